The molecule has 1 fully saturated rings. The van der Waals surface area contributed by atoms with E-state index in [1.54, 1.807) is 50.7 Å². The number of amides is 2. The fourth-order valence-electron chi connectivity index (χ4n) is 7.84. The number of halogens is 3. The van der Waals surface area contributed by atoms with E-state index in [1.807, 2.05) is 87.0 Å². The first-order valence-electron chi connectivity index (χ1n) is 21.9. The zero-order valence-electron chi connectivity index (χ0n) is 39.0. The lowest BCUT2D eigenvalue weighted by atomic mass is 9.79. The number of aryl methyl sites for hydroxylation is 1. The Hall–Kier alpha value is -5.81. The molecule has 21 heteroatoms. The van der Waals surface area contributed by atoms with Crippen LogP contribution in [0.15, 0.2) is 94.6 Å². The van der Waals surface area contributed by atoms with Crippen LogP contribution in [0.1, 0.15) is 75.4 Å². The second-order valence-corrected chi connectivity index (χ2v) is 17.8. The molecule has 368 valence electrons. The lowest BCUT2D eigenvalue weighted by Gasteiger charge is -2.43. The van der Waals surface area contributed by atoms with Crippen molar-refractivity contribution in [2.45, 2.75) is 95.7 Å². The number of nitriles is 1. The number of aromatic amines is 1. The number of methoxy groups -OCH3 is 2. The molecule has 0 aliphatic carbocycles. The first-order valence-corrected chi connectivity index (χ1v) is 23.0. The Morgan fingerprint density at radius 1 is 0.912 bits per heavy atom. The first kappa shape index (κ1) is 53.1. The van der Waals surface area contributed by atoms with Crippen molar-refractivity contribution in [2.24, 2.45) is 0 Å². The van der Waals surface area contributed by atoms with E-state index in [-0.39, 0.29) is 63.3 Å². The summed E-state index contributed by atoms with van der Waals surface area (Å²) in [4.78, 5) is 52.9. The van der Waals surface area contributed by atoms with Crippen LogP contribution in [0.2, 0.25) is 0 Å². The molecule has 0 radical (unpaired) electrons. The van der Waals surface area contributed by atoms with Crippen LogP contribution in [-0.4, -0.2) is 103 Å². The highest BCUT2D eigenvalue weighted by atomic mass is 31.2. The maximum absolute atomic E-state index is 13.6. The number of alkyl halides is 3. The molecule has 2 heterocycles. The Morgan fingerprint density at radius 3 is 2.03 bits per heavy atom. The third kappa shape index (κ3) is 13.0. The number of H-pyrrole nitrogens is 1. The van der Waals surface area contributed by atoms with Crippen LogP contribution in [0.3, 0.4) is 0 Å². The van der Waals surface area contributed by atoms with Crippen molar-refractivity contribution in [3.05, 3.63) is 128 Å². The van der Waals surface area contributed by atoms with E-state index in [9.17, 15) is 37.6 Å². The molecular weight excluding hydrogens is 913 g/mol. The maximum Gasteiger partial charge on any atom is 0.471 e. The van der Waals surface area contributed by atoms with E-state index < -0.39 is 68.0 Å². The van der Waals surface area contributed by atoms with Crippen LogP contribution in [0.5, 0.6) is 11.5 Å². The van der Waals surface area contributed by atoms with Gasteiger partial charge in [0.1, 0.15) is 35.0 Å². The van der Waals surface area contributed by atoms with Crippen molar-refractivity contribution in [1.82, 2.24) is 24.9 Å². The highest BCUT2D eigenvalue weighted by Gasteiger charge is 2.54. The molecule has 1 aliphatic rings. The number of aromatic nitrogens is 2. The number of hydrogen-bond donors (Lipinski definition) is 3. The summed E-state index contributed by atoms with van der Waals surface area (Å²) in [7, 11) is 1.12. The Balaban J connectivity index is 1.67. The number of carbonyl (C=O) groups excluding carboxylic acids is 2. The van der Waals surface area contributed by atoms with Gasteiger partial charge in [0.2, 0.25) is 0 Å². The average Bonchev–Trinajstić information content (AvgIpc) is 3.66. The molecule has 0 saturated carbocycles. The lowest BCUT2D eigenvalue weighted by molar-refractivity contribution is -0.173. The summed E-state index contributed by atoms with van der Waals surface area (Å²) in [6.07, 6.45) is -6.98. The quantitative estimate of drug-likeness (QED) is 0.0390. The van der Waals surface area contributed by atoms with Crippen molar-refractivity contribution in [1.29, 1.82) is 5.26 Å². The Labute approximate surface area is 393 Å². The van der Waals surface area contributed by atoms with Crippen LogP contribution in [0.4, 0.5) is 18.0 Å². The Kier molecular flexibility index (Phi) is 18.7. The van der Waals surface area contributed by atoms with Gasteiger partial charge in [0.05, 0.1) is 46.5 Å². The zero-order valence-corrected chi connectivity index (χ0v) is 39.9. The fraction of sp³-hybridized carbons (Fsp3) is 0.468. The molecule has 17 nitrogen and oxygen atoms in total. The third-order valence-electron chi connectivity index (χ3n) is 11.1. The van der Waals surface area contributed by atoms with Gasteiger partial charge in [0.25, 0.3) is 14.1 Å². The molecule has 3 N–H and O–H groups in total. The van der Waals surface area contributed by atoms with Gasteiger partial charge < -0.3 is 43.4 Å². The fourth-order valence-corrected chi connectivity index (χ4v) is 9.64. The van der Waals surface area contributed by atoms with Crippen molar-refractivity contribution in [3.63, 3.8) is 0 Å². The van der Waals surface area contributed by atoms with Crippen molar-refractivity contribution in [3.8, 4) is 17.6 Å². The van der Waals surface area contributed by atoms with Crippen molar-refractivity contribution >= 4 is 20.5 Å². The number of alkyl carbamates (subject to hydrolysis) is 1. The van der Waals surface area contributed by atoms with Crippen LogP contribution in [0, 0.1) is 18.3 Å². The number of benzene rings is 3. The van der Waals surface area contributed by atoms with E-state index in [4.69, 9.17) is 32.7 Å². The highest BCUT2D eigenvalue weighted by Crippen LogP contribution is 2.54. The predicted molar refractivity (Wildman–Crippen MR) is 245 cm³/mol. The second-order valence-electron chi connectivity index (χ2n) is 16.4. The van der Waals surface area contributed by atoms with Gasteiger partial charge in [-0.2, -0.15) is 18.4 Å². The number of ether oxygens (including phenoxy) is 5. The number of rotatable bonds is 23. The summed E-state index contributed by atoms with van der Waals surface area (Å²) in [6.45, 7) is 7.82. The zero-order chi connectivity index (χ0) is 49.6. The number of nitrogens with zero attached hydrogens (tertiary/aromatic N) is 3. The third-order valence-corrected chi connectivity index (χ3v) is 13.3. The molecule has 1 saturated heterocycles. The molecule has 4 aromatic rings. The largest absolute Gasteiger partial charge is 0.497 e. The normalized spacial score (nSPS) is 17.8. The maximum atomic E-state index is 13.6. The highest BCUT2D eigenvalue weighted by molar-refractivity contribution is 7.44. The van der Waals surface area contributed by atoms with Gasteiger partial charge in [0.15, 0.2) is 0 Å². The van der Waals surface area contributed by atoms with Crippen LogP contribution in [-0.2, 0) is 33.7 Å². The molecule has 1 aromatic heterocycles. The molecule has 3 aromatic carbocycles. The molecule has 68 heavy (non-hydrogen) atoms. The Bertz CT molecular complexity index is 2380. The van der Waals surface area contributed by atoms with Gasteiger partial charge in [-0.05, 0) is 75.6 Å². The topological polar surface area (TPSA) is 205 Å². The molecule has 1 aliphatic heterocycles. The summed E-state index contributed by atoms with van der Waals surface area (Å²) in [5.74, 6) is -0.991. The lowest BCUT2D eigenvalue weighted by Crippen LogP contribution is -2.50. The van der Waals surface area contributed by atoms with E-state index in [0.29, 0.717) is 28.2 Å². The second kappa shape index (κ2) is 24.0. The van der Waals surface area contributed by atoms with Gasteiger partial charge in [-0.3, -0.25) is 19.1 Å². The number of carbonyl (C=O) groups is 2. The van der Waals surface area contributed by atoms with Crippen LogP contribution in [0.25, 0.3) is 0 Å². The van der Waals surface area contributed by atoms with Crippen LogP contribution >= 0.6 is 8.53 Å². The minimum Gasteiger partial charge on any atom is -0.497 e. The number of nitrogens with one attached hydrogen (secondary N) is 3. The molecule has 4 atom stereocenters. The van der Waals surface area contributed by atoms with Crippen LogP contribution < -0.4 is 31.4 Å². The van der Waals surface area contributed by atoms with E-state index in [2.05, 4.69) is 16.4 Å². The first-order chi connectivity index (χ1) is 32.4. The smallest absolute Gasteiger partial charge is 0.471 e. The van der Waals surface area contributed by atoms with E-state index >= 15 is 0 Å². The van der Waals surface area contributed by atoms with Gasteiger partial charge in [0, 0.05) is 49.8 Å². The molecule has 5 rings (SSSR count). The molecular formula is C47H58F3N6O11P. The summed E-state index contributed by atoms with van der Waals surface area (Å²) >= 11 is 0. The summed E-state index contributed by atoms with van der Waals surface area (Å²) < 4.78 is 86.1. The van der Waals surface area contributed by atoms with E-state index in [1.165, 1.54) is 10.8 Å². The summed E-state index contributed by atoms with van der Waals surface area (Å²) in [5, 5.41) is 13.5. The SMILES string of the molecule is COc1ccc(C(OC[C@@]2(CCOC(=O)NCCNC(=O)C(F)(F)F)O[C@@H](n3cc(C)c(=O)[nH]c3=O)C[C@@H]2OP(OCCC#N)N(C(C)C)C(C)C)(c2ccccc2)c2ccc(OC)cc2)cc1. The van der Waals surface area contributed by atoms with Gasteiger partial charge in [-0.1, -0.05) is 54.6 Å². The van der Waals surface area contributed by atoms with Gasteiger partial charge in [-0.15, -0.1) is 0 Å². The van der Waals surface area contributed by atoms with Crippen molar-refractivity contribution < 1.29 is 55.5 Å². The summed E-state index contributed by atoms with van der Waals surface area (Å²) in [6, 6.07) is 25.9. The molecule has 1 unspecified atom stereocenters. The summed E-state index contributed by atoms with van der Waals surface area (Å²) in [5.41, 5.74) is -2.13. The average molecular weight is 971 g/mol. The predicted octanol–water partition coefficient (Wildman–Crippen LogP) is 6.98. The molecule has 0 bridgehead atoms. The van der Waals surface area contributed by atoms with Gasteiger partial charge in [-0.25, -0.2) is 14.3 Å². The monoisotopic (exact) mass is 970 g/mol. The molecule has 2 amide bonds. The minimum absolute atomic E-state index is 0.0201. The Morgan fingerprint density at radius 2 is 1.49 bits per heavy atom. The van der Waals surface area contributed by atoms with Gasteiger partial charge >= 0.3 is 23.9 Å². The van der Waals surface area contributed by atoms with E-state index in [0.717, 1.165) is 0 Å². The standard InChI is InChI=1S/C47H58F3N6O11P/c1-31(2)56(32(3)4)68(65-26-11-23-51)67-39-28-40(55-29-33(5)41(57)54-43(55)59)66-45(39,22-27-63-44(60)53-25-24-52-42(58)47(48,49)50)30-64-46(34-12-9-8-10-13-34,35-14-18-37(61-6)19-15-35)36-16-20-38(62-7)21-17-36/h8-10,12-21,29,31-32,39-40H,11,22,24-28,30H2,1-7H3,(H,52,58)(H,53,60)(H,54,57,59)/t39-,40+,45+,68?/m0/s1. The van der Waals surface area contributed by atoms with Crippen molar-refractivity contribution in [2.75, 3.05) is 47.1 Å². The minimum atomic E-state index is -5.10. The molecule has 0 spiro atoms. The number of hydrogen-bond acceptors (Lipinski definition) is 13.